The summed E-state index contributed by atoms with van der Waals surface area (Å²) in [7, 11) is 1.29. The second-order valence-electron chi connectivity index (χ2n) is 7.86. The van der Waals surface area contributed by atoms with E-state index in [1.165, 1.54) is 18.7 Å². The molecule has 0 atom stereocenters. The number of methoxy groups -OCH3 is 1. The number of benzene rings is 2. The van der Waals surface area contributed by atoms with E-state index >= 15 is 0 Å². The fourth-order valence-corrected chi connectivity index (χ4v) is 3.73. The summed E-state index contributed by atoms with van der Waals surface area (Å²) in [4.78, 5) is 19.1. The van der Waals surface area contributed by atoms with Crippen LogP contribution in [0.1, 0.15) is 29.8 Å². The second kappa shape index (κ2) is 7.33. The molecule has 0 fully saturated rings. The number of anilines is 3. The number of carbonyl (C=O) groups excluding carboxylic acids is 1. The van der Waals surface area contributed by atoms with Gasteiger partial charge in [0.05, 0.1) is 19.0 Å². The maximum Gasteiger partial charge on any atom is 0.255 e. The molecule has 7 heteroatoms. The molecule has 6 nitrogen and oxygen atoms in total. The highest BCUT2D eigenvalue weighted by Gasteiger charge is 2.35. The van der Waals surface area contributed by atoms with Crippen LogP contribution < -0.4 is 15.0 Å². The molecule has 3 aromatic rings. The molecular formula is C23H22FN3O3. The van der Waals surface area contributed by atoms with Gasteiger partial charge >= 0.3 is 0 Å². The SMILES string of the molecule is COc1cc(C(=O)Nc2ccc(N3CC(C)(C)c4ccccc43)nc2)cc(F)c1O. The van der Waals surface area contributed by atoms with Gasteiger partial charge in [0.1, 0.15) is 5.82 Å². The van der Waals surface area contributed by atoms with Crippen molar-refractivity contribution in [1.29, 1.82) is 0 Å². The first kappa shape index (κ1) is 19.7. The summed E-state index contributed by atoms with van der Waals surface area (Å²) in [6.07, 6.45) is 1.56. The number of fused-ring (bicyclic) bond motifs is 1. The number of ether oxygens (including phenoxy) is 1. The van der Waals surface area contributed by atoms with Gasteiger partial charge in [-0.05, 0) is 35.9 Å². The molecule has 0 unspecified atom stereocenters. The Morgan fingerprint density at radius 2 is 2.00 bits per heavy atom. The first-order valence-electron chi connectivity index (χ1n) is 9.51. The van der Waals surface area contributed by atoms with Crippen molar-refractivity contribution in [3.8, 4) is 11.5 Å². The van der Waals surface area contributed by atoms with Crippen LogP contribution in [0.25, 0.3) is 0 Å². The summed E-state index contributed by atoms with van der Waals surface area (Å²) in [5.41, 5.74) is 2.91. The van der Waals surface area contributed by atoms with Crippen molar-refractivity contribution < 1.29 is 19.0 Å². The summed E-state index contributed by atoms with van der Waals surface area (Å²) in [5.74, 6) is -1.42. The standard InChI is InChI=1S/C23H22FN3O3/c1-23(2)13-27(18-7-5-4-6-16(18)23)20-9-8-15(12-25-20)26-22(29)14-10-17(24)21(28)19(11-14)30-3/h4-12,28H,13H2,1-3H3,(H,26,29). The number of phenols is 1. The van der Waals surface area contributed by atoms with Crippen LogP contribution in [0.4, 0.5) is 21.6 Å². The highest BCUT2D eigenvalue weighted by molar-refractivity contribution is 6.04. The van der Waals surface area contributed by atoms with Gasteiger partial charge in [-0.3, -0.25) is 4.79 Å². The molecular weight excluding hydrogens is 385 g/mol. The molecule has 1 aliphatic rings. The topological polar surface area (TPSA) is 74.7 Å². The quantitative estimate of drug-likeness (QED) is 0.660. The van der Waals surface area contributed by atoms with Gasteiger partial charge in [-0.25, -0.2) is 9.37 Å². The average molecular weight is 407 g/mol. The molecule has 1 amide bonds. The Morgan fingerprint density at radius 1 is 1.23 bits per heavy atom. The first-order valence-corrected chi connectivity index (χ1v) is 9.51. The molecule has 2 heterocycles. The van der Waals surface area contributed by atoms with Gasteiger partial charge in [-0.2, -0.15) is 0 Å². The Bertz CT molecular complexity index is 1110. The molecule has 2 N–H and O–H groups in total. The van der Waals surface area contributed by atoms with Crippen molar-refractivity contribution in [1.82, 2.24) is 4.98 Å². The zero-order valence-electron chi connectivity index (χ0n) is 16.9. The van der Waals surface area contributed by atoms with Crippen LogP contribution in [0.15, 0.2) is 54.7 Å². The summed E-state index contributed by atoms with van der Waals surface area (Å²) >= 11 is 0. The number of aromatic nitrogens is 1. The Balaban J connectivity index is 1.54. The molecule has 0 spiro atoms. The summed E-state index contributed by atoms with van der Waals surface area (Å²) in [6.45, 7) is 5.20. The van der Waals surface area contributed by atoms with Crippen LogP contribution in [-0.4, -0.2) is 29.7 Å². The number of hydrogen-bond donors (Lipinski definition) is 2. The van der Waals surface area contributed by atoms with E-state index in [1.807, 2.05) is 18.2 Å². The Labute approximate surface area is 173 Å². The number of halogens is 1. The third-order valence-electron chi connectivity index (χ3n) is 5.27. The van der Waals surface area contributed by atoms with Gasteiger partial charge < -0.3 is 20.1 Å². The highest BCUT2D eigenvalue weighted by Crippen LogP contribution is 2.43. The number of para-hydroxylation sites is 1. The van der Waals surface area contributed by atoms with E-state index in [9.17, 15) is 14.3 Å². The Kier molecular flexibility index (Phi) is 4.81. The predicted octanol–water partition coefficient (Wildman–Crippen LogP) is 4.62. The van der Waals surface area contributed by atoms with Crippen LogP contribution >= 0.6 is 0 Å². The van der Waals surface area contributed by atoms with E-state index in [4.69, 9.17) is 4.74 Å². The van der Waals surface area contributed by atoms with Gasteiger partial charge in [0.15, 0.2) is 17.3 Å². The van der Waals surface area contributed by atoms with Gasteiger partial charge in [-0.15, -0.1) is 0 Å². The minimum atomic E-state index is -0.928. The Hall–Kier alpha value is -3.61. The lowest BCUT2D eigenvalue weighted by atomic mass is 9.87. The molecule has 0 aliphatic carbocycles. The molecule has 1 aromatic heterocycles. The monoisotopic (exact) mass is 407 g/mol. The molecule has 154 valence electrons. The number of nitrogens with one attached hydrogen (secondary N) is 1. The van der Waals surface area contributed by atoms with E-state index in [0.717, 1.165) is 24.1 Å². The lowest BCUT2D eigenvalue weighted by molar-refractivity contribution is 0.102. The molecule has 0 bridgehead atoms. The molecule has 0 saturated heterocycles. The second-order valence-corrected chi connectivity index (χ2v) is 7.86. The largest absolute Gasteiger partial charge is 0.502 e. The zero-order valence-corrected chi connectivity index (χ0v) is 16.9. The molecule has 4 rings (SSSR count). The zero-order chi connectivity index (χ0) is 21.5. The normalized spacial score (nSPS) is 14.3. The minimum absolute atomic E-state index is 0.00710. The number of nitrogens with zero attached hydrogens (tertiary/aromatic N) is 2. The highest BCUT2D eigenvalue weighted by atomic mass is 19.1. The number of aromatic hydroxyl groups is 1. The van der Waals surface area contributed by atoms with Gasteiger partial charge in [0.2, 0.25) is 0 Å². The van der Waals surface area contributed by atoms with Crippen LogP contribution in [0.2, 0.25) is 0 Å². The van der Waals surface area contributed by atoms with Gasteiger partial charge in [0, 0.05) is 23.2 Å². The van der Waals surface area contributed by atoms with Crippen LogP contribution in [0, 0.1) is 5.82 Å². The van der Waals surface area contributed by atoms with Crippen LogP contribution in [-0.2, 0) is 5.41 Å². The lowest BCUT2D eigenvalue weighted by Gasteiger charge is -2.21. The summed E-state index contributed by atoms with van der Waals surface area (Å²) in [5, 5.41) is 12.3. The van der Waals surface area contributed by atoms with E-state index in [2.05, 4.69) is 41.2 Å². The maximum atomic E-state index is 13.8. The molecule has 2 aromatic carbocycles. The first-order chi connectivity index (χ1) is 14.3. The van der Waals surface area contributed by atoms with Crippen LogP contribution in [0.3, 0.4) is 0 Å². The number of rotatable bonds is 4. The van der Waals surface area contributed by atoms with E-state index in [1.54, 1.807) is 12.3 Å². The van der Waals surface area contributed by atoms with E-state index in [-0.39, 0.29) is 16.7 Å². The van der Waals surface area contributed by atoms with Crippen molar-refractivity contribution in [2.24, 2.45) is 0 Å². The van der Waals surface area contributed by atoms with E-state index < -0.39 is 17.5 Å². The summed E-state index contributed by atoms with van der Waals surface area (Å²) < 4.78 is 18.7. The average Bonchev–Trinajstić information content (AvgIpc) is 3.01. The molecule has 0 saturated carbocycles. The fourth-order valence-electron chi connectivity index (χ4n) is 3.73. The smallest absolute Gasteiger partial charge is 0.255 e. The van der Waals surface area contributed by atoms with Crippen molar-refractivity contribution in [2.75, 3.05) is 23.9 Å². The molecule has 0 radical (unpaired) electrons. The number of pyridine rings is 1. The fraction of sp³-hybridized carbons (Fsp3) is 0.217. The number of carbonyl (C=O) groups is 1. The van der Waals surface area contributed by atoms with Gasteiger partial charge in [0.25, 0.3) is 5.91 Å². The van der Waals surface area contributed by atoms with Crippen molar-refractivity contribution in [3.63, 3.8) is 0 Å². The van der Waals surface area contributed by atoms with E-state index in [0.29, 0.717) is 5.69 Å². The molecule has 30 heavy (non-hydrogen) atoms. The van der Waals surface area contributed by atoms with Crippen LogP contribution in [0.5, 0.6) is 11.5 Å². The minimum Gasteiger partial charge on any atom is -0.502 e. The number of hydrogen-bond acceptors (Lipinski definition) is 5. The predicted molar refractivity (Wildman–Crippen MR) is 113 cm³/mol. The van der Waals surface area contributed by atoms with Crippen molar-refractivity contribution >= 4 is 23.1 Å². The lowest BCUT2D eigenvalue weighted by Crippen LogP contribution is -2.25. The van der Waals surface area contributed by atoms with Crippen molar-refractivity contribution in [3.05, 3.63) is 71.7 Å². The third-order valence-corrected chi connectivity index (χ3v) is 5.27. The Morgan fingerprint density at radius 3 is 2.70 bits per heavy atom. The number of amides is 1. The molecule has 1 aliphatic heterocycles. The number of phenolic OH excluding ortho intramolecular Hbond substituents is 1. The summed E-state index contributed by atoms with van der Waals surface area (Å²) in [6, 6.07) is 14.1. The van der Waals surface area contributed by atoms with Crippen molar-refractivity contribution in [2.45, 2.75) is 19.3 Å². The third kappa shape index (κ3) is 3.43. The maximum absolute atomic E-state index is 13.8. The van der Waals surface area contributed by atoms with Gasteiger partial charge in [-0.1, -0.05) is 32.0 Å².